The summed E-state index contributed by atoms with van der Waals surface area (Å²) in [5.41, 5.74) is 11.2. The summed E-state index contributed by atoms with van der Waals surface area (Å²) in [5.74, 6) is 0.202. The van der Waals surface area contributed by atoms with E-state index in [2.05, 4.69) is 10.0 Å². The number of likely N-dealkylation sites (tertiary alicyclic amines) is 1. The highest BCUT2D eigenvalue weighted by atomic mass is 79.9. The molecule has 1 aliphatic heterocycles. The highest BCUT2D eigenvalue weighted by Gasteiger charge is 2.39. The summed E-state index contributed by atoms with van der Waals surface area (Å²) in [7, 11) is 0. The van der Waals surface area contributed by atoms with Crippen molar-refractivity contribution >= 4 is 28.6 Å². The number of phenols is 1. The van der Waals surface area contributed by atoms with Crippen molar-refractivity contribution in [1.82, 2.24) is 4.90 Å². The van der Waals surface area contributed by atoms with Gasteiger partial charge in [0.25, 0.3) is 0 Å². The van der Waals surface area contributed by atoms with Crippen molar-refractivity contribution in [2.75, 3.05) is 19.6 Å². The minimum absolute atomic E-state index is 0. The van der Waals surface area contributed by atoms with Crippen LogP contribution in [0, 0.1) is 11.3 Å². The lowest BCUT2D eigenvalue weighted by atomic mass is 9.78. The molecule has 0 spiro atoms. The standard InChI is InChI=1S/C27H35N5O2.BrH/c1-26(2,3)20-12-18(13-21(24(20)34)27(4,5)6)22(33)16-32-15-19(14-30-31-29)23(25(32)28)17-10-8-7-9-11-17;/h7-13,19,23,28,34H,14-16H2,1-6H3;1H/t19-,23+;/m0./s1. The summed E-state index contributed by atoms with van der Waals surface area (Å²) in [6, 6.07) is 13.3. The highest BCUT2D eigenvalue weighted by molar-refractivity contribution is 8.93. The van der Waals surface area contributed by atoms with Gasteiger partial charge < -0.3 is 10.0 Å². The number of rotatable bonds is 6. The zero-order valence-electron chi connectivity index (χ0n) is 21.4. The summed E-state index contributed by atoms with van der Waals surface area (Å²) < 4.78 is 0. The molecule has 0 unspecified atom stereocenters. The first-order valence-corrected chi connectivity index (χ1v) is 11.6. The first-order chi connectivity index (χ1) is 15.8. The highest BCUT2D eigenvalue weighted by Crippen LogP contribution is 2.40. The van der Waals surface area contributed by atoms with E-state index in [0.717, 1.165) is 16.7 Å². The number of carbonyl (C=O) groups excluding carboxylic acids is 1. The Labute approximate surface area is 218 Å². The number of halogens is 1. The molecule has 0 saturated carbocycles. The molecule has 1 fully saturated rings. The van der Waals surface area contributed by atoms with Crippen LogP contribution in [0.15, 0.2) is 47.6 Å². The monoisotopic (exact) mass is 541 g/mol. The number of benzene rings is 2. The van der Waals surface area contributed by atoms with Crippen LogP contribution < -0.4 is 0 Å². The van der Waals surface area contributed by atoms with E-state index >= 15 is 0 Å². The van der Waals surface area contributed by atoms with Crippen molar-refractivity contribution in [3.8, 4) is 5.75 Å². The molecule has 3 rings (SSSR count). The van der Waals surface area contributed by atoms with Crippen molar-refractivity contribution in [2.45, 2.75) is 58.3 Å². The Bertz CT molecular complexity index is 1090. The van der Waals surface area contributed by atoms with Crippen molar-refractivity contribution in [3.05, 3.63) is 75.2 Å². The van der Waals surface area contributed by atoms with E-state index < -0.39 is 0 Å². The lowest BCUT2D eigenvalue weighted by molar-refractivity contribution is 0.0963. The first-order valence-electron chi connectivity index (χ1n) is 11.6. The number of hydrogen-bond donors (Lipinski definition) is 2. The Morgan fingerprint density at radius 2 is 1.66 bits per heavy atom. The number of nitrogens with one attached hydrogen (secondary N) is 1. The lowest BCUT2D eigenvalue weighted by Crippen LogP contribution is -2.32. The zero-order valence-corrected chi connectivity index (χ0v) is 23.1. The summed E-state index contributed by atoms with van der Waals surface area (Å²) >= 11 is 0. The molecule has 188 valence electrons. The molecule has 1 saturated heterocycles. The summed E-state index contributed by atoms with van der Waals surface area (Å²) in [4.78, 5) is 18.2. The molecule has 2 aromatic carbocycles. The lowest BCUT2D eigenvalue weighted by Gasteiger charge is -2.28. The molecular formula is C27H36BrN5O2. The maximum absolute atomic E-state index is 13.5. The van der Waals surface area contributed by atoms with Gasteiger partial charge >= 0.3 is 0 Å². The summed E-state index contributed by atoms with van der Waals surface area (Å²) in [5, 5.41) is 23.6. The molecule has 7 nitrogen and oxygen atoms in total. The largest absolute Gasteiger partial charge is 0.507 e. The second-order valence-corrected chi connectivity index (χ2v) is 11.2. The number of Topliss-reactive ketones (excluding diaryl/α,β-unsaturated/α-hetero) is 1. The van der Waals surface area contributed by atoms with E-state index in [-0.39, 0.29) is 64.3 Å². The summed E-state index contributed by atoms with van der Waals surface area (Å²) in [6.07, 6.45) is 0. The fourth-order valence-corrected chi connectivity index (χ4v) is 4.65. The van der Waals surface area contributed by atoms with Crippen LogP contribution in [-0.4, -0.2) is 41.3 Å². The van der Waals surface area contributed by atoms with Crippen LogP contribution in [0.4, 0.5) is 0 Å². The van der Waals surface area contributed by atoms with Gasteiger partial charge in [-0.05, 0) is 40.0 Å². The van der Waals surface area contributed by atoms with E-state index in [0.29, 0.717) is 17.9 Å². The Balaban J connectivity index is 0.00000432. The van der Waals surface area contributed by atoms with Gasteiger partial charge in [-0.3, -0.25) is 10.2 Å². The van der Waals surface area contributed by atoms with Gasteiger partial charge in [0, 0.05) is 40.6 Å². The first kappa shape index (κ1) is 28.4. The molecule has 0 aliphatic carbocycles. The SMILES string of the molecule is Br.CC(C)(C)c1cc(C(=O)CN2C[C@H](CN=[N+]=[N-])[C@@H](c3ccccc3)C2=N)cc(C(C)(C)C)c1O. The van der Waals surface area contributed by atoms with Crippen LogP contribution in [0.25, 0.3) is 10.4 Å². The number of nitrogens with zero attached hydrogens (tertiary/aromatic N) is 4. The fraction of sp³-hybridized carbons (Fsp3) is 0.481. The maximum atomic E-state index is 13.5. The predicted molar refractivity (Wildman–Crippen MR) is 146 cm³/mol. The van der Waals surface area contributed by atoms with Crippen molar-refractivity contribution in [3.63, 3.8) is 0 Å². The minimum Gasteiger partial charge on any atom is -0.507 e. The van der Waals surface area contributed by atoms with Crippen LogP contribution in [-0.2, 0) is 10.8 Å². The molecule has 35 heavy (non-hydrogen) atoms. The molecule has 2 atom stereocenters. The van der Waals surface area contributed by atoms with Crippen LogP contribution in [0.1, 0.15) is 74.5 Å². The van der Waals surface area contributed by atoms with E-state index in [1.165, 1.54) is 0 Å². The topological polar surface area (TPSA) is 113 Å². The van der Waals surface area contributed by atoms with Crippen molar-refractivity contribution < 1.29 is 9.90 Å². The number of ketones is 1. The predicted octanol–water partition coefficient (Wildman–Crippen LogP) is 6.75. The molecular weight excluding hydrogens is 506 g/mol. The minimum atomic E-state index is -0.334. The average molecular weight is 543 g/mol. The van der Waals surface area contributed by atoms with Crippen LogP contribution >= 0.6 is 17.0 Å². The fourth-order valence-electron chi connectivity index (χ4n) is 4.65. The second-order valence-electron chi connectivity index (χ2n) is 11.2. The molecule has 0 bridgehead atoms. The van der Waals surface area contributed by atoms with Crippen molar-refractivity contribution in [2.24, 2.45) is 11.0 Å². The van der Waals surface area contributed by atoms with E-state index in [1.54, 1.807) is 17.0 Å². The molecule has 1 aliphatic rings. The Kier molecular flexibility index (Phi) is 8.79. The number of amidine groups is 1. The van der Waals surface area contributed by atoms with Crippen LogP contribution in [0.3, 0.4) is 0 Å². The quantitative estimate of drug-likeness (QED) is 0.182. The number of carbonyl (C=O) groups is 1. The number of phenolic OH excluding ortho intramolecular Hbond substituents is 1. The second kappa shape index (κ2) is 10.8. The Hall–Kier alpha value is -2.83. The van der Waals surface area contributed by atoms with Gasteiger partial charge in [0.05, 0.1) is 6.54 Å². The molecule has 0 amide bonds. The molecule has 2 N–H and O–H groups in total. The molecule has 2 aromatic rings. The third kappa shape index (κ3) is 6.24. The molecule has 1 heterocycles. The maximum Gasteiger partial charge on any atom is 0.182 e. The molecule has 0 radical (unpaired) electrons. The third-order valence-corrected chi connectivity index (χ3v) is 6.48. The Morgan fingerprint density at radius 3 is 2.14 bits per heavy atom. The van der Waals surface area contributed by atoms with Crippen LogP contribution in [0.2, 0.25) is 0 Å². The number of hydrogen-bond acceptors (Lipinski definition) is 4. The average Bonchev–Trinajstić information content (AvgIpc) is 3.06. The third-order valence-electron chi connectivity index (χ3n) is 6.48. The summed E-state index contributed by atoms with van der Waals surface area (Å²) in [6.45, 7) is 12.9. The van der Waals surface area contributed by atoms with Gasteiger partial charge in [-0.15, -0.1) is 17.0 Å². The number of azide groups is 1. The Morgan fingerprint density at radius 1 is 1.11 bits per heavy atom. The van der Waals surface area contributed by atoms with E-state index in [4.69, 9.17) is 10.9 Å². The van der Waals surface area contributed by atoms with Gasteiger partial charge in [0.15, 0.2) is 5.78 Å². The van der Waals surface area contributed by atoms with Gasteiger partial charge in [-0.1, -0.05) is 77.0 Å². The molecule has 0 aromatic heterocycles. The molecule has 8 heteroatoms. The van der Waals surface area contributed by atoms with Crippen LogP contribution in [0.5, 0.6) is 5.75 Å². The van der Waals surface area contributed by atoms with Gasteiger partial charge in [0.2, 0.25) is 0 Å². The van der Waals surface area contributed by atoms with Crippen molar-refractivity contribution in [1.29, 1.82) is 5.41 Å². The van der Waals surface area contributed by atoms with Gasteiger partial charge in [0.1, 0.15) is 11.6 Å². The van der Waals surface area contributed by atoms with E-state index in [9.17, 15) is 9.90 Å². The van der Waals surface area contributed by atoms with Gasteiger partial charge in [-0.2, -0.15) is 0 Å². The van der Waals surface area contributed by atoms with E-state index in [1.807, 2.05) is 71.9 Å². The van der Waals surface area contributed by atoms with Gasteiger partial charge in [-0.25, -0.2) is 0 Å². The smallest absolute Gasteiger partial charge is 0.182 e. The normalized spacial score (nSPS) is 18.1. The number of aromatic hydroxyl groups is 1. The zero-order chi connectivity index (χ0) is 25.3.